The first-order valence-electron chi connectivity index (χ1n) is 10.8. The van der Waals surface area contributed by atoms with Gasteiger partial charge in [0.25, 0.3) is 5.91 Å². The Bertz CT molecular complexity index is 1250. The van der Waals surface area contributed by atoms with Crippen molar-refractivity contribution in [2.75, 3.05) is 26.1 Å². The largest absolute Gasteiger partial charge is 0.493 e. The topological polar surface area (TPSA) is 123 Å². The van der Waals surface area contributed by atoms with E-state index in [0.717, 1.165) is 0 Å². The van der Waals surface area contributed by atoms with Gasteiger partial charge >= 0.3 is 0 Å². The van der Waals surface area contributed by atoms with Crippen LogP contribution in [0, 0.1) is 0 Å². The summed E-state index contributed by atoms with van der Waals surface area (Å²) in [6.07, 6.45) is -0.172. The summed E-state index contributed by atoms with van der Waals surface area (Å²) in [7, 11) is -1.04. The number of ether oxygens (including phenoxy) is 2. The minimum Gasteiger partial charge on any atom is -0.493 e. The van der Waals surface area contributed by atoms with Crippen LogP contribution in [0.3, 0.4) is 0 Å². The lowest BCUT2D eigenvalue weighted by molar-refractivity contribution is -0.126. The van der Waals surface area contributed by atoms with E-state index in [1.165, 1.54) is 32.4 Å². The molecule has 0 fully saturated rings. The van der Waals surface area contributed by atoms with Crippen molar-refractivity contribution in [3.8, 4) is 11.5 Å². The van der Waals surface area contributed by atoms with Gasteiger partial charge in [0.1, 0.15) is 6.04 Å². The summed E-state index contributed by atoms with van der Waals surface area (Å²) in [5, 5.41) is 5.47. The number of rotatable bonds is 11. The fourth-order valence-electron chi connectivity index (χ4n) is 3.28. The van der Waals surface area contributed by atoms with E-state index in [4.69, 9.17) is 9.47 Å². The predicted octanol–water partition coefficient (Wildman–Crippen LogP) is 2.87. The van der Waals surface area contributed by atoms with Crippen LogP contribution >= 0.6 is 0 Å². The number of para-hydroxylation sites is 1. The molecule has 0 radical (unpaired) electrons. The summed E-state index contributed by atoms with van der Waals surface area (Å²) in [5.74, 6) is -0.242. The Labute approximate surface area is 204 Å². The average molecular weight is 498 g/mol. The Kier molecular flexibility index (Phi) is 8.82. The number of anilines is 1. The molecule has 1 unspecified atom stereocenters. The van der Waals surface area contributed by atoms with E-state index in [0.29, 0.717) is 17.0 Å². The molecule has 35 heavy (non-hydrogen) atoms. The van der Waals surface area contributed by atoms with E-state index in [1.807, 2.05) is 6.07 Å². The van der Waals surface area contributed by atoms with Crippen molar-refractivity contribution in [1.82, 2.24) is 10.0 Å². The quantitative estimate of drug-likeness (QED) is 0.374. The molecular formula is C25H27N3O6S. The molecule has 10 heteroatoms. The molecule has 3 aromatic rings. The van der Waals surface area contributed by atoms with Crippen LogP contribution in [0.25, 0.3) is 0 Å². The number of benzene rings is 3. The predicted molar refractivity (Wildman–Crippen MR) is 132 cm³/mol. The third-order valence-electron chi connectivity index (χ3n) is 5.05. The molecule has 9 nitrogen and oxygen atoms in total. The van der Waals surface area contributed by atoms with Crippen molar-refractivity contribution in [2.24, 2.45) is 0 Å². The lowest BCUT2D eigenvalue weighted by atomic mass is 10.1. The van der Waals surface area contributed by atoms with Crippen molar-refractivity contribution < 1.29 is 27.5 Å². The number of amides is 2. The zero-order valence-corrected chi connectivity index (χ0v) is 20.2. The Hall–Kier alpha value is -3.89. The van der Waals surface area contributed by atoms with Gasteiger partial charge in [-0.15, -0.1) is 0 Å². The van der Waals surface area contributed by atoms with E-state index in [9.17, 15) is 18.0 Å². The average Bonchev–Trinajstić information content (AvgIpc) is 2.87. The highest BCUT2D eigenvalue weighted by molar-refractivity contribution is 7.89. The summed E-state index contributed by atoms with van der Waals surface area (Å²) in [6.45, 7) is -0.162. The van der Waals surface area contributed by atoms with E-state index in [2.05, 4.69) is 15.4 Å². The van der Waals surface area contributed by atoms with Crippen LogP contribution in [0.15, 0.2) is 83.8 Å². The number of methoxy groups -OCH3 is 2. The van der Waals surface area contributed by atoms with Gasteiger partial charge in [-0.25, -0.2) is 13.1 Å². The minimum absolute atomic E-state index is 0.0278. The zero-order chi connectivity index (χ0) is 25.3. The first kappa shape index (κ1) is 25.7. The summed E-state index contributed by atoms with van der Waals surface area (Å²) in [4.78, 5) is 25.5. The summed E-state index contributed by atoms with van der Waals surface area (Å²) in [5.41, 5.74) is 1.19. The maximum absolute atomic E-state index is 12.9. The second kappa shape index (κ2) is 12.0. The number of hydrogen-bond acceptors (Lipinski definition) is 6. The molecule has 0 spiro atoms. The van der Waals surface area contributed by atoms with Gasteiger partial charge in [0, 0.05) is 24.7 Å². The highest BCUT2D eigenvalue weighted by Crippen LogP contribution is 2.29. The molecule has 3 aromatic carbocycles. The molecule has 0 saturated carbocycles. The third-order valence-corrected chi connectivity index (χ3v) is 6.51. The van der Waals surface area contributed by atoms with Crippen molar-refractivity contribution in [3.63, 3.8) is 0 Å². The van der Waals surface area contributed by atoms with Crippen LogP contribution in [0.4, 0.5) is 5.69 Å². The summed E-state index contributed by atoms with van der Waals surface area (Å²) < 4.78 is 37.9. The van der Waals surface area contributed by atoms with Gasteiger partial charge in [-0.05, 0) is 29.8 Å². The van der Waals surface area contributed by atoms with Gasteiger partial charge in [0.05, 0.1) is 19.1 Å². The Balaban J connectivity index is 1.64. The minimum atomic E-state index is -3.90. The molecule has 2 amide bonds. The highest BCUT2D eigenvalue weighted by atomic mass is 32.2. The second-order valence-corrected chi connectivity index (χ2v) is 9.20. The molecule has 0 aliphatic heterocycles. The molecular weight excluding hydrogens is 470 g/mol. The smallest absolute Gasteiger partial charge is 0.251 e. The molecule has 0 bridgehead atoms. The number of hydrogen-bond donors (Lipinski definition) is 3. The van der Waals surface area contributed by atoms with Gasteiger partial charge < -0.3 is 20.1 Å². The van der Waals surface area contributed by atoms with E-state index >= 15 is 0 Å². The Morgan fingerprint density at radius 2 is 1.49 bits per heavy atom. The maximum Gasteiger partial charge on any atom is 0.251 e. The SMILES string of the molecule is COc1ccc(S(=O)(=O)NCCC(=O)NC(C(=O)Nc2ccccc2)c2ccccc2)cc1OC. The lowest BCUT2D eigenvalue weighted by Crippen LogP contribution is -2.38. The summed E-state index contributed by atoms with van der Waals surface area (Å²) >= 11 is 0. The molecule has 3 rings (SSSR count). The monoisotopic (exact) mass is 497 g/mol. The van der Waals surface area contributed by atoms with Gasteiger partial charge in [0.15, 0.2) is 11.5 Å². The molecule has 0 saturated heterocycles. The fraction of sp³-hybridized carbons (Fsp3) is 0.200. The first-order chi connectivity index (χ1) is 16.8. The zero-order valence-electron chi connectivity index (χ0n) is 19.4. The molecule has 0 aromatic heterocycles. The maximum atomic E-state index is 12.9. The molecule has 0 heterocycles. The van der Waals surface area contributed by atoms with Gasteiger partial charge in [-0.1, -0.05) is 48.5 Å². The van der Waals surface area contributed by atoms with Crippen LogP contribution in [0.5, 0.6) is 11.5 Å². The Morgan fingerprint density at radius 1 is 0.857 bits per heavy atom. The molecule has 1 atom stereocenters. The number of carbonyl (C=O) groups is 2. The van der Waals surface area contributed by atoms with Gasteiger partial charge in [-0.2, -0.15) is 0 Å². The first-order valence-corrected chi connectivity index (χ1v) is 12.2. The fourth-order valence-corrected chi connectivity index (χ4v) is 4.33. The normalized spacial score (nSPS) is 11.8. The van der Waals surface area contributed by atoms with Crippen molar-refractivity contribution in [1.29, 1.82) is 0 Å². The van der Waals surface area contributed by atoms with E-state index in [-0.39, 0.29) is 23.6 Å². The van der Waals surface area contributed by atoms with Gasteiger partial charge in [0.2, 0.25) is 15.9 Å². The molecule has 0 aliphatic carbocycles. The highest BCUT2D eigenvalue weighted by Gasteiger charge is 2.23. The van der Waals surface area contributed by atoms with E-state index < -0.39 is 27.9 Å². The molecule has 0 aliphatic rings. The van der Waals surface area contributed by atoms with Crippen LogP contribution in [-0.4, -0.2) is 41.0 Å². The number of carbonyl (C=O) groups excluding carboxylic acids is 2. The summed E-state index contributed by atoms with van der Waals surface area (Å²) in [6, 6.07) is 20.9. The van der Waals surface area contributed by atoms with Crippen LogP contribution in [0.2, 0.25) is 0 Å². The lowest BCUT2D eigenvalue weighted by Gasteiger charge is -2.19. The van der Waals surface area contributed by atoms with Crippen LogP contribution < -0.4 is 24.8 Å². The van der Waals surface area contributed by atoms with Gasteiger partial charge in [-0.3, -0.25) is 9.59 Å². The molecule has 3 N–H and O–H groups in total. The third kappa shape index (κ3) is 7.05. The van der Waals surface area contributed by atoms with Crippen LogP contribution in [0.1, 0.15) is 18.0 Å². The Morgan fingerprint density at radius 3 is 2.11 bits per heavy atom. The van der Waals surface area contributed by atoms with Crippen molar-refractivity contribution in [3.05, 3.63) is 84.4 Å². The van der Waals surface area contributed by atoms with Crippen molar-refractivity contribution >= 4 is 27.5 Å². The van der Waals surface area contributed by atoms with Crippen LogP contribution in [-0.2, 0) is 19.6 Å². The standard InChI is InChI=1S/C25H27N3O6S/c1-33-21-14-13-20(17-22(21)34-2)35(31,32)26-16-15-23(29)28-24(18-9-5-3-6-10-18)25(30)27-19-11-7-4-8-12-19/h3-14,17,24,26H,15-16H2,1-2H3,(H,27,30)(H,28,29). The second-order valence-electron chi connectivity index (χ2n) is 7.43. The van der Waals surface area contributed by atoms with Crippen molar-refractivity contribution in [2.45, 2.75) is 17.4 Å². The number of sulfonamides is 1. The van der Waals surface area contributed by atoms with E-state index in [1.54, 1.807) is 54.6 Å². The molecule has 184 valence electrons. The number of nitrogens with one attached hydrogen (secondary N) is 3.